The predicted molar refractivity (Wildman–Crippen MR) is 71.1 cm³/mol. The highest BCUT2D eigenvalue weighted by Gasteiger charge is 2.32. The third-order valence-electron chi connectivity index (χ3n) is 4.76. The topological polar surface area (TPSA) is 26.7 Å². The maximum Gasteiger partial charge on any atom is 0.0496 e. The van der Waals surface area contributed by atoms with Crippen molar-refractivity contribution in [3.05, 3.63) is 0 Å². The Labute approximate surface area is 106 Å². The maximum absolute atomic E-state index is 9.51. The SMILES string of the molecule is CCC(C)(CO)CN1CCN2CCCCC2C1. The molecule has 3 nitrogen and oxygen atoms in total. The van der Waals surface area contributed by atoms with Crippen molar-refractivity contribution in [3.8, 4) is 0 Å². The van der Waals surface area contributed by atoms with Crippen molar-refractivity contribution in [2.24, 2.45) is 5.41 Å². The smallest absolute Gasteiger partial charge is 0.0496 e. The van der Waals surface area contributed by atoms with Gasteiger partial charge in [-0.1, -0.05) is 20.3 Å². The summed E-state index contributed by atoms with van der Waals surface area (Å²) in [6.07, 6.45) is 5.23. The lowest BCUT2D eigenvalue weighted by Gasteiger charge is -2.46. The van der Waals surface area contributed by atoms with E-state index >= 15 is 0 Å². The number of piperazine rings is 1. The normalized spacial score (nSPS) is 30.9. The van der Waals surface area contributed by atoms with Crippen molar-refractivity contribution >= 4 is 0 Å². The summed E-state index contributed by atoms with van der Waals surface area (Å²) in [5.41, 5.74) is 0.0941. The van der Waals surface area contributed by atoms with Crippen LogP contribution in [-0.4, -0.2) is 60.3 Å². The van der Waals surface area contributed by atoms with Crippen LogP contribution in [0.1, 0.15) is 39.5 Å². The highest BCUT2D eigenvalue weighted by molar-refractivity contribution is 4.87. The highest BCUT2D eigenvalue weighted by Crippen LogP contribution is 2.26. The van der Waals surface area contributed by atoms with Crippen molar-refractivity contribution in [3.63, 3.8) is 0 Å². The number of aliphatic hydroxyl groups excluding tert-OH is 1. The van der Waals surface area contributed by atoms with E-state index in [4.69, 9.17) is 0 Å². The van der Waals surface area contributed by atoms with Gasteiger partial charge in [-0.2, -0.15) is 0 Å². The second-order valence-electron chi connectivity index (χ2n) is 6.24. The molecule has 0 spiro atoms. The Balaban J connectivity index is 1.87. The molecule has 2 unspecified atom stereocenters. The molecule has 0 radical (unpaired) electrons. The largest absolute Gasteiger partial charge is 0.396 e. The van der Waals surface area contributed by atoms with Crippen molar-refractivity contribution in [2.45, 2.75) is 45.6 Å². The van der Waals surface area contributed by atoms with Gasteiger partial charge in [0.05, 0.1) is 0 Å². The zero-order valence-corrected chi connectivity index (χ0v) is 11.5. The molecule has 0 aromatic rings. The fourth-order valence-corrected chi connectivity index (χ4v) is 3.18. The molecular formula is C14H28N2O. The van der Waals surface area contributed by atoms with Gasteiger partial charge >= 0.3 is 0 Å². The van der Waals surface area contributed by atoms with Gasteiger partial charge in [-0.3, -0.25) is 9.80 Å². The lowest BCUT2D eigenvalue weighted by Crippen LogP contribution is -2.56. The molecule has 2 atom stereocenters. The fourth-order valence-electron chi connectivity index (χ4n) is 3.18. The number of piperidine rings is 1. The van der Waals surface area contributed by atoms with E-state index in [1.165, 1.54) is 45.4 Å². The molecule has 17 heavy (non-hydrogen) atoms. The summed E-state index contributed by atoms with van der Waals surface area (Å²) in [6, 6.07) is 0.789. The van der Waals surface area contributed by atoms with Gasteiger partial charge in [0, 0.05) is 44.2 Å². The Hall–Kier alpha value is -0.120. The molecule has 0 aromatic heterocycles. The first-order chi connectivity index (χ1) is 8.17. The summed E-state index contributed by atoms with van der Waals surface area (Å²) in [5, 5.41) is 9.51. The number of hydrogen-bond donors (Lipinski definition) is 1. The predicted octanol–water partition coefficient (Wildman–Crippen LogP) is 1.57. The van der Waals surface area contributed by atoms with Gasteiger partial charge in [-0.05, 0) is 25.8 Å². The van der Waals surface area contributed by atoms with Crippen LogP contribution in [0, 0.1) is 5.41 Å². The summed E-state index contributed by atoms with van der Waals surface area (Å²) >= 11 is 0. The molecule has 0 aromatic carbocycles. The van der Waals surface area contributed by atoms with E-state index in [0.717, 1.165) is 19.0 Å². The van der Waals surface area contributed by atoms with E-state index < -0.39 is 0 Å². The minimum atomic E-state index is 0.0941. The number of aliphatic hydroxyl groups is 1. The fraction of sp³-hybridized carbons (Fsp3) is 1.00. The lowest BCUT2D eigenvalue weighted by molar-refractivity contribution is 0.0135. The van der Waals surface area contributed by atoms with Gasteiger partial charge in [0.1, 0.15) is 0 Å². The molecule has 1 N–H and O–H groups in total. The number of rotatable bonds is 4. The lowest BCUT2D eigenvalue weighted by atomic mass is 9.87. The first-order valence-electron chi connectivity index (χ1n) is 7.24. The Kier molecular flexibility index (Phi) is 4.45. The van der Waals surface area contributed by atoms with E-state index in [2.05, 4.69) is 23.6 Å². The first-order valence-corrected chi connectivity index (χ1v) is 7.24. The molecule has 2 aliphatic heterocycles. The molecule has 0 amide bonds. The number of fused-ring (bicyclic) bond motifs is 1. The zero-order valence-electron chi connectivity index (χ0n) is 11.5. The monoisotopic (exact) mass is 240 g/mol. The van der Waals surface area contributed by atoms with E-state index in [1.54, 1.807) is 0 Å². The van der Waals surface area contributed by atoms with Gasteiger partial charge < -0.3 is 5.11 Å². The summed E-state index contributed by atoms with van der Waals surface area (Å²) in [4.78, 5) is 5.24. The molecule has 0 saturated carbocycles. The molecule has 3 heteroatoms. The summed E-state index contributed by atoms with van der Waals surface area (Å²) in [7, 11) is 0. The van der Waals surface area contributed by atoms with Gasteiger partial charge in [0.2, 0.25) is 0 Å². The van der Waals surface area contributed by atoms with E-state index in [0.29, 0.717) is 6.61 Å². The molecule has 2 saturated heterocycles. The van der Waals surface area contributed by atoms with Crippen molar-refractivity contribution < 1.29 is 5.11 Å². The third-order valence-corrected chi connectivity index (χ3v) is 4.76. The van der Waals surface area contributed by atoms with Crippen LogP contribution in [0.15, 0.2) is 0 Å². The molecule has 2 rings (SSSR count). The van der Waals surface area contributed by atoms with Crippen molar-refractivity contribution in [2.75, 3.05) is 39.3 Å². The van der Waals surface area contributed by atoms with Crippen molar-refractivity contribution in [1.82, 2.24) is 9.80 Å². The molecule has 2 aliphatic rings. The number of hydrogen-bond acceptors (Lipinski definition) is 3. The van der Waals surface area contributed by atoms with E-state index in [1.807, 2.05) is 0 Å². The molecule has 0 aliphatic carbocycles. The van der Waals surface area contributed by atoms with Crippen LogP contribution in [0.25, 0.3) is 0 Å². The molecule has 2 heterocycles. The third kappa shape index (κ3) is 3.21. The van der Waals surface area contributed by atoms with E-state index in [-0.39, 0.29) is 5.41 Å². The van der Waals surface area contributed by atoms with E-state index in [9.17, 15) is 5.11 Å². The maximum atomic E-state index is 9.51. The molecule has 0 bridgehead atoms. The Morgan fingerprint density at radius 1 is 1.24 bits per heavy atom. The molecule has 100 valence electrons. The number of nitrogens with zero attached hydrogens (tertiary/aromatic N) is 2. The van der Waals surface area contributed by atoms with Gasteiger partial charge in [-0.15, -0.1) is 0 Å². The second-order valence-corrected chi connectivity index (χ2v) is 6.24. The van der Waals surface area contributed by atoms with Crippen molar-refractivity contribution in [1.29, 1.82) is 0 Å². The van der Waals surface area contributed by atoms with Crippen LogP contribution in [0.5, 0.6) is 0 Å². The first kappa shape index (κ1) is 13.3. The van der Waals surface area contributed by atoms with Crippen LogP contribution in [0.4, 0.5) is 0 Å². The standard InChI is InChI=1S/C14H28N2O/c1-3-14(2,12-17)11-15-8-9-16-7-5-4-6-13(16)10-15/h13,17H,3-12H2,1-2H3. The molecular weight excluding hydrogens is 212 g/mol. The Morgan fingerprint density at radius 3 is 2.76 bits per heavy atom. The molecule has 2 fully saturated rings. The van der Waals surface area contributed by atoms with Gasteiger partial charge in [0.25, 0.3) is 0 Å². The van der Waals surface area contributed by atoms with Gasteiger partial charge in [0.15, 0.2) is 0 Å². The summed E-state index contributed by atoms with van der Waals surface area (Å²) < 4.78 is 0. The van der Waals surface area contributed by atoms with Crippen LogP contribution in [0.3, 0.4) is 0 Å². The van der Waals surface area contributed by atoms with Crippen LogP contribution in [0.2, 0.25) is 0 Å². The van der Waals surface area contributed by atoms with Gasteiger partial charge in [-0.25, -0.2) is 0 Å². The Bertz CT molecular complexity index is 240. The average molecular weight is 240 g/mol. The van der Waals surface area contributed by atoms with Crippen LogP contribution < -0.4 is 0 Å². The minimum Gasteiger partial charge on any atom is -0.396 e. The average Bonchev–Trinajstić information content (AvgIpc) is 2.38. The Morgan fingerprint density at radius 2 is 2.06 bits per heavy atom. The highest BCUT2D eigenvalue weighted by atomic mass is 16.3. The van der Waals surface area contributed by atoms with Crippen LogP contribution in [-0.2, 0) is 0 Å². The summed E-state index contributed by atoms with van der Waals surface area (Å²) in [5.74, 6) is 0. The van der Waals surface area contributed by atoms with Crippen LogP contribution >= 0.6 is 0 Å². The zero-order chi connectivity index (χ0) is 12.3. The minimum absolute atomic E-state index is 0.0941. The second kappa shape index (κ2) is 5.68. The quantitative estimate of drug-likeness (QED) is 0.808. The summed E-state index contributed by atoms with van der Waals surface area (Å²) in [6.45, 7) is 10.7.